The van der Waals surface area contributed by atoms with Gasteiger partial charge in [-0.25, -0.2) is 0 Å². The first-order chi connectivity index (χ1) is 16.7. The van der Waals surface area contributed by atoms with Gasteiger partial charge in [-0.2, -0.15) is 0 Å². The van der Waals surface area contributed by atoms with Crippen LogP contribution in [0.15, 0.2) is 36.4 Å². The number of benzene rings is 2. The zero-order chi connectivity index (χ0) is 25.8. The lowest BCUT2D eigenvalue weighted by molar-refractivity contribution is -0.153. The molecule has 2 rings (SSSR count). The number of hydrogen-bond donors (Lipinski definition) is 2. The van der Waals surface area contributed by atoms with Crippen LogP contribution in [0.4, 0.5) is 0 Å². The van der Waals surface area contributed by atoms with Crippen molar-refractivity contribution in [1.82, 2.24) is 0 Å². The Kier molecular flexibility index (Phi) is 11.4. The summed E-state index contributed by atoms with van der Waals surface area (Å²) in [5.41, 5.74) is 2.57. The predicted molar refractivity (Wildman–Crippen MR) is 134 cm³/mol. The molecule has 2 atom stereocenters. The molecule has 0 amide bonds. The molecule has 2 N–H and O–H groups in total. The van der Waals surface area contributed by atoms with Crippen molar-refractivity contribution in [1.29, 1.82) is 0 Å². The molecule has 2 aromatic rings. The summed E-state index contributed by atoms with van der Waals surface area (Å²) in [7, 11) is 1.50. The van der Waals surface area contributed by atoms with Gasteiger partial charge in [0.05, 0.1) is 7.11 Å². The second kappa shape index (κ2) is 14.2. The number of hydrogen-bond acceptors (Lipinski definition) is 7. The van der Waals surface area contributed by atoms with Crippen molar-refractivity contribution < 1.29 is 34.0 Å². The van der Waals surface area contributed by atoms with Crippen LogP contribution in [0.5, 0.6) is 17.2 Å². The lowest BCUT2D eigenvalue weighted by Gasteiger charge is -2.24. The highest BCUT2D eigenvalue weighted by molar-refractivity contribution is 5.66. The van der Waals surface area contributed by atoms with Gasteiger partial charge in [0, 0.05) is 32.3 Å². The van der Waals surface area contributed by atoms with Crippen LogP contribution in [0.25, 0.3) is 0 Å². The first-order valence-corrected chi connectivity index (χ1v) is 12.2. The zero-order valence-corrected chi connectivity index (χ0v) is 21.2. The highest BCUT2D eigenvalue weighted by atomic mass is 16.6. The molecule has 0 bridgehead atoms. The number of aryl methyl sites for hydroxylation is 1. The molecule has 192 valence electrons. The minimum atomic E-state index is -0.404. The van der Waals surface area contributed by atoms with E-state index in [0.717, 1.165) is 36.8 Å². The fourth-order valence-electron chi connectivity index (χ4n) is 4.16. The third-order valence-corrected chi connectivity index (χ3v) is 5.84. The fourth-order valence-corrected chi connectivity index (χ4v) is 4.16. The van der Waals surface area contributed by atoms with E-state index in [9.17, 15) is 19.8 Å². The second-order valence-corrected chi connectivity index (χ2v) is 8.88. The second-order valence-electron chi connectivity index (χ2n) is 8.88. The summed E-state index contributed by atoms with van der Waals surface area (Å²) >= 11 is 0. The molecule has 0 fully saturated rings. The monoisotopic (exact) mass is 486 g/mol. The standard InChI is InChI=1S/C28H38O7/c1-5-6-7-8-25(34-19(2)29)18-26(35-20(3)30)14-11-22-16-23(28(32)27(17-22)33-4)15-21-9-12-24(31)13-10-21/h9-10,12-13,16-17,25-26,31-32H,5-8,11,14-15,18H2,1-4H3. The van der Waals surface area contributed by atoms with Crippen molar-refractivity contribution in [2.45, 2.75) is 84.3 Å². The van der Waals surface area contributed by atoms with Gasteiger partial charge in [-0.05, 0) is 55.0 Å². The van der Waals surface area contributed by atoms with Crippen LogP contribution in [0.1, 0.15) is 76.0 Å². The normalized spacial score (nSPS) is 12.6. The Hall–Kier alpha value is -3.22. The summed E-state index contributed by atoms with van der Waals surface area (Å²) in [4.78, 5) is 23.4. The van der Waals surface area contributed by atoms with E-state index in [0.29, 0.717) is 37.0 Å². The summed E-state index contributed by atoms with van der Waals surface area (Å²) in [6, 6.07) is 10.5. The summed E-state index contributed by atoms with van der Waals surface area (Å²) in [5.74, 6) is -0.0800. The number of ether oxygens (including phenoxy) is 3. The Balaban J connectivity index is 2.17. The maximum Gasteiger partial charge on any atom is 0.302 e. The van der Waals surface area contributed by atoms with E-state index in [-0.39, 0.29) is 29.5 Å². The van der Waals surface area contributed by atoms with Crippen LogP contribution in [-0.4, -0.2) is 41.5 Å². The third kappa shape index (κ3) is 9.89. The number of carbonyl (C=O) groups is 2. The molecule has 7 nitrogen and oxygen atoms in total. The average Bonchev–Trinajstić information content (AvgIpc) is 2.80. The maximum absolute atomic E-state index is 11.8. The Morgan fingerprint density at radius 1 is 0.886 bits per heavy atom. The number of carbonyl (C=O) groups excluding carboxylic acids is 2. The van der Waals surface area contributed by atoms with Crippen LogP contribution >= 0.6 is 0 Å². The summed E-state index contributed by atoms with van der Waals surface area (Å²) < 4.78 is 16.5. The van der Waals surface area contributed by atoms with Crippen LogP contribution in [0, 0.1) is 0 Å². The van der Waals surface area contributed by atoms with Gasteiger partial charge in [0.15, 0.2) is 11.5 Å². The van der Waals surface area contributed by atoms with Gasteiger partial charge < -0.3 is 24.4 Å². The van der Waals surface area contributed by atoms with E-state index in [1.807, 2.05) is 6.07 Å². The van der Waals surface area contributed by atoms with Crippen molar-refractivity contribution in [3.05, 3.63) is 53.1 Å². The van der Waals surface area contributed by atoms with Crippen LogP contribution < -0.4 is 4.74 Å². The largest absolute Gasteiger partial charge is 0.508 e. The number of unbranched alkanes of at least 4 members (excludes halogenated alkanes) is 2. The van der Waals surface area contributed by atoms with E-state index >= 15 is 0 Å². The average molecular weight is 487 g/mol. The molecular formula is C28H38O7. The van der Waals surface area contributed by atoms with E-state index in [4.69, 9.17) is 14.2 Å². The van der Waals surface area contributed by atoms with Gasteiger partial charge in [-0.15, -0.1) is 0 Å². The number of rotatable bonds is 14. The minimum Gasteiger partial charge on any atom is -0.508 e. The molecule has 0 aliphatic rings. The molecule has 0 heterocycles. The van der Waals surface area contributed by atoms with Gasteiger partial charge in [-0.1, -0.05) is 38.0 Å². The van der Waals surface area contributed by atoms with E-state index in [1.165, 1.54) is 21.0 Å². The van der Waals surface area contributed by atoms with Gasteiger partial charge in [0.1, 0.15) is 18.0 Å². The maximum atomic E-state index is 11.8. The van der Waals surface area contributed by atoms with Crippen molar-refractivity contribution >= 4 is 11.9 Å². The Morgan fingerprint density at radius 3 is 2.09 bits per heavy atom. The van der Waals surface area contributed by atoms with Gasteiger partial charge >= 0.3 is 11.9 Å². The highest BCUT2D eigenvalue weighted by Crippen LogP contribution is 2.34. The molecule has 35 heavy (non-hydrogen) atoms. The molecule has 0 aliphatic heterocycles. The zero-order valence-electron chi connectivity index (χ0n) is 21.2. The number of aromatic hydroxyl groups is 2. The third-order valence-electron chi connectivity index (χ3n) is 5.84. The molecule has 2 aromatic carbocycles. The first kappa shape index (κ1) is 28.0. The van der Waals surface area contributed by atoms with Crippen molar-refractivity contribution in [3.63, 3.8) is 0 Å². The van der Waals surface area contributed by atoms with Crippen LogP contribution in [0.2, 0.25) is 0 Å². The fraction of sp³-hybridized carbons (Fsp3) is 0.500. The molecule has 0 aromatic heterocycles. The van der Waals surface area contributed by atoms with Crippen LogP contribution in [0.3, 0.4) is 0 Å². The van der Waals surface area contributed by atoms with Gasteiger partial charge in [0.2, 0.25) is 0 Å². The molecule has 0 saturated heterocycles. The van der Waals surface area contributed by atoms with Crippen molar-refractivity contribution in [2.24, 2.45) is 0 Å². The number of methoxy groups -OCH3 is 1. The molecule has 0 saturated carbocycles. The molecule has 7 heteroatoms. The lowest BCUT2D eigenvalue weighted by Crippen LogP contribution is -2.27. The molecular weight excluding hydrogens is 448 g/mol. The summed E-state index contributed by atoms with van der Waals surface area (Å²) in [5, 5.41) is 20.2. The molecule has 0 aliphatic carbocycles. The lowest BCUT2D eigenvalue weighted by atomic mass is 9.96. The SMILES string of the molecule is CCCCCC(CC(CCc1cc(Cc2ccc(O)cc2)c(O)c(OC)c1)OC(C)=O)OC(C)=O. The minimum absolute atomic E-state index is 0.0757. The van der Waals surface area contributed by atoms with Crippen LogP contribution in [-0.2, 0) is 31.9 Å². The van der Waals surface area contributed by atoms with E-state index < -0.39 is 6.10 Å². The van der Waals surface area contributed by atoms with Crippen molar-refractivity contribution in [2.75, 3.05) is 7.11 Å². The van der Waals surface area contributed by atoms with E-state index in [1.54, 1.807) is 30.3 Å². The van der Waals surface area contributed by atoms with Gasteiger partial charge in [-0.3, -0.25) is 9.59 Å². The topological polar surface area (TPSA) is 102 Å². The first-order valence-electron chi connectivity index (χ1n) is 12.2. The predicted octanol–water partition coefficient (Wildman–Crippen LogP) is 5.46. The molecule has 0 radical (unpaired) electrons. The number of phenols is 2. The quantitative estimate of drug-likeness (QED) is 0.270. The van der Waals surface area contributed by atoms with E-state index in [2.05, 4.69) is 6.92 Å². The summed E-state index contributed by atoms with van der Waals surface area (Å²) in [6.45, 7) is 4.89. The Morgan fingerprint density at radius 2 is 1.51 bits per heavy atom. The Bertz CT molecular complexity index is 953. The highest BCUT2D eigenvalue weighted by Gasteiger charge is 2.22. The van der Waals surface area contributed by atoms with Gasteiger partial charge in [0.25, 0.3) is 0 Å². The number of esters is 2. The summed E-state index contributed by atoms with van der Waals surface area (Å²) in [6.07, 6.45) is 5.11. The molecule has 2 unspecified atom stereocenters. The molecule has 0 spiro atoms. The smallest absolute Gasteiger partial charge is 0.302 e. The number of phenolic OH excluding ortho intramolecular Hbond substituents is 2. The van der Waals surface area contributed by atoms with Crippen molar-refractivity contribution in [3.8, 4) is 17.2 Å². The Labute approximate surface area is 208 Å².